The van der Waals surface area contributed by atoms with Gasteiger partial charge in [-0.05, 0) is 24.3 Å². The number of rotatable bonds is 5. The highest BCUT2D eigenvalue weighted by atomic mass is 32.1. The van der Waals surface area contributed by atoms with Crippen molar-refractivity contribution < 1.29 is 4.79 Å². The summed E-state index contributed by atoms with van der Waals surface area (Å²) in [5.74, 6) is 0.717. The largest absolute Gasteiger partial charge is 0.367 e. The topological polar surface area (TPSA) is 70.1 Å². The molecule has 1 fully saturated rings. The van der Waals surface area contributed by atoms with Crippen LogP contribution in [0.3, 0.4) is 0 Å². The molecule has 0 bridgehead atoms. The molecule has 7 heteroatoms. The van der Waals surface area contributed by atoms with Crippen molar-refractivity contribution in [1.29, 1.82) is 0 Å². The average molecular weight is 317 g/mol. The summed E-state index contributed by atoms with van der Waals surface area (Å²) in [4.78, 5) is 23.6. The van der Waals surface area contributed by atoms with Gasteiger partial charge in [0.1, 0.15) is 5.82 Å². The predicted molar refractivity (Wildman–Crippen MR) is 86.9 cm³/mol. The second-order valence-corrected chi connectivity index (χ2v) is 6.10. The third-order valence-corrected chi connectivity index (χ3v) is 4.63. The average Bonchev–Trinajstić information content (AvgIpc) is 3.22. The van der Waals surface area contributed by atoms with E-state index in [9.17, 15) is 4.79 Å². The van der Waals surface area contributed by atoms with Crippen LogP contribution in [0.4, 0.5) is 10.6 Å². The smallest absolute Gasteiger partial charge is 0.318 e. The summed E-state index contributed by atoms with van der Waals surface area (Å²) in [5, 5.41) is 8.16. The number of thiophene rings is 1. The van der Waals surface area contributed by atoms with E-state index in [4.69, 9.17) is 0 Å². The number of carbonyl (C=O) groups excluding carboxylic acids is 1. The highest BCUT2D eigenvalue weighted by molar-refractivity contribution is 7.10. The third-order valence-electron chi connectivity index (χ3n) is 3.66. The molecule has 0 radical (unpaired) electrons. The second kappa shape index (κ2) is 7.22. The van der Waals surface area contributed by atoms with E-state index in [-0.39, 0.29) is 12.1 Å². The second-order valence-electron chi connectivity index (χ2n) is 5.12. The number of nitrogens with one attached hydrogen (secondary N) is 2. The molecule has 1 aliphatic rings. The Labute approximate surface area is 133 Å². The van der Waals surface area contributed by atoms with Crippen molar-refractivity contribution in [1.82, 2.24) is 20.2 Å². The van der Waals surface area contributed by atoms with Gasteiger partial charge in [-0.3, -0.25) is 4.98 Å². The van der Waals surface area contributed by atoms with E-state index in [0.717, 1.165) is 25.2 Å². The molecule has 116 valence electrons. The molecule has 2 aromatic rings. The molecule has 0 spiro atoms. The Balaban J connectivity index is 1.45. The molecular formula is C15H19N5OS. The monoisotopic (exact) mass is 317 g/mol. The van der Waals surface area contributed by atoms with Gasteiger partial charge in [-0.2, -0.15) is 0 Å². The number of nitrogens with zero attached hydrogens (tertiary/aromatic N) is 3. The van der Waals surface area contributed by atoms with Crippen LogP contribution in [0, 0.1) is 0 Å². The molecule has 0 saturated carbocycles. The maximum atomic E-state index is 12.3. The quantitative estimate of drug-likeness (QED) is 0.831. The Morgan fingerprint density at radius 1 is 1.41 bits per heavy atom. The van der Waals surface area contributed by atoms with E-state index < -0.39 is 0 Å². The van der Waals surface area contributed by atoms with Gasteiger partial charge >= 0.3 is 6.03 Å². The number of amides is 2. The first kappa shape index (κ1) is 14.8. The van der Waals surface area contributed by atoms with Crippen LogP contribution in [0.2, 0.25) is 0 Å². The van der Waals surface area contributed by atoms with E-state index in [1.165, 1.54) is 4.88 Å². The van der Waals surface area contributed by atoms with Crippen molar-refractivity contribution in [3.63, 3.8) is 0 Å². The fraction of sp³-hybridized carbons (Fsp3) is 0.400. The van der Waals surface area contributed by atoms with E-state index in [2.05, 4.69) is 32.0 Å². The van der Waals surface area contributed by atoms with Crippen molar-refractivity contribution in [2.24, 2.45) is 0 Å². The summed E-state index contributed by atoms with van der Waals surface area (Å²) in [6.45, 7) is 2.01. The molecule has 22 heavy (non-hydrogen) atoms. The van der Waals surface area contributed by atoms with Crippen molar-refractivity contribution in [2.45, 2.75) is 18.9 Å². The lowest BCUT2D eigenvalue weighted by Crippen LogP contribution is -2.41. The molecule has 2 N–H and O–H groups in total. The van der Waals surface area contributed by atoms with E-state index in [0.29, 0.717) is 13.1 Å². The summed E-state index contributed by atoms with van der Waals surface area (Å²) in [7, 11) is 0. The lowest BCUT2D eigenvalue weighted by Gasteiger charge is -2.24. The van der Waals surface area contributed by atoms with Crippen LogP contribution >= 0.6 is 11.3 Å². The van der Waals surface area contributed by atoms with Gasteiger partial charge in [0, 0.05) is 36.9 Å². The van der Waals surface area contributed by atoms with Crippen LogP contribution in [-0.4, -0.2) is 40.5 Å². The molecule has 0 aliphatic carbocycles. The standard InChI is InChI=1S/C15H19N5OS/c21-15(19-8-7-18-14-11-16-5-6-17-14)20-9-1-3-12(20)13-4-2-10-22-13/h2,4-6,10-12H,1,3,7-9H2,(H,17,18)(H,19,21). The summed E-state index contributed by atoms with van der Waals surface area (Å²) < 4.78 is 0. The minimum absolute atomic E-state index is 0.0110. The Kier molecular flexibility index (Phi) is 4.85. The Morgan fingerprint density at radius 2 is 2.36 bits per heavy atom. The fourth-order valence-corrected chi connectivity index (χ4v) is 3.51. The summed E-state index contributed by atoms with van der Waals surface area (Å²) in [6.07, 6.45) is 7.04. The summed E-state index contributed by atoms with van der Waals surface area (Å²) >= 11 is 1.72. The van der Waals surface area contributed by atoms with Crippen molar-refractivity contribution in [3.8, 4) is 0 Å². The van der Waals surface area contributed by atoms with Crippen LogP contribution in [-0.2, 0) is 0 Å². The minimum Gasteiger partial charge on any atom is -0.367 e. The van der Waals surface area contributed by atoms with Crippen molar-refractivity contribution >= 4 is 23.2 Å². The number of hydrogen-bond donors (Lipinski definition) is 2. The maximum Gasteiger partial charge on any atom is 0.318 e. The number of carbonyl (C=O) groups is 1. The zero-order valence-electron chi connectivity index (χ0n) is 12.2. The van der Waals surface area contributed by atoms with Crippen LogP contribution in [0.5, 0.6) is 0 Å². The molecule has 1 atom stereocenters. The highest BCUT2D eigenvalue weighted by Crippen LogP contribution is 2.34. The first-order valence-electron chi connectivity index (χ1n) is 7.42. The molecule has 2 aromatic heterocycles. The molecule has 1 saturated heterocycles. The number of urea groups is 1. The summed E-state index contributed by atoms with van der Waals surface area (Å²) in [6, 6.07) is 4.39. The molecule has 1 aliphatic heterocycles. The van der Waals surface area contributed by atoms with Gasteiger partial charge in [-0.1, -0.05) is 6.07 Å². The van der Waals surface area contributed by atoms with Crippen LogP contribution in [0.25, 0.3) is 0 Å². The zero-order chi connectivity index (χ0) is 15.2. The molecule has 3 rings (SSSR count). The summed E-state index contributed by atoms with van der Waals surface area (Å²) in [5.41, 5.74) is 0. The van der Waals surface area contributed by atoms with Crippen LogP contribution < -0.4 is 10.6 Å². The number of likely N-dealkylation sites (tertiary alicyclic amines) is 1. The fourth-order valence-electron chi connectivity index (χ4n) is 2.64. The van der Waals surface area contributed by atoms with Gasteiger partial charge in [-0.15, -0.1) is 11.3 Å². The van der Waals surface area contributed by atoms with Crippen molar-refractivity contribution in [3.05, 3.63) is 41.0 Å². The third kappa shape index (κ3) is 3.54. The van der Waals surface area contributed by atoms with Gasteiger partial charge in [-0.25, -0.2) is 9.78 Å². The highest BCUT2D eigenvalue weighted by Gasteiger charge is 2.30. The SMILES string of the molecule is O=C(NCCNc1cnccn1)N1CCCC1c1cccs1. The predicted octanol–water partition coefficient (Wildman–Crippen LogP) is 2.50. The molecule has 1 unspecified atom stereocenters. The lowest BCUT2D eigenvalue weighted by atomic mass is 10.2. The lowest BCUT2D eigenvalue weighted by molar-refractivity contribution is 0.194. The Bertz CT molecular complexity index is 589. The van der Waals surface area contributed by atoms with Gasteiger partial charge in [0.15, 0.2) is 0 Å². The van der Waals surface area contributed by atoms with Gasteiger partial charge in [0.05, 0.1) is 12.2 Å². The van der Waals surface area contributed by atoms with Crippen LogP contribution in [0.15, 0.2) is 36.1 Å². The van der Waals surface area contributed by atoms with E-state index in [1.807, 2.05) is 11.0 Å². The van der Waals surface area contributed by atoms with Gasteiger partial charge in [0.25, 0.3) is 0 Å². The zero-order valence-corrected chi connectivity index (χ0v) is 13.1. The first-order valence-corrected chi connectivity index (χ1v) is 8.30. The van der Waals surface area contributed by atoms with Crippen LogP contribution in [0.1, 0.15) is 23.8 Å². The number of aromatic nitrogens is 2. The minimum atomic E-state index is 0.0110. The van der Waals surface area contributed by atoms with Gasteiger partial charge < -0.3 is 15.5 Å². The molecular weight excluding hydrogens is 298 g/mol. The number of hydrogen-bond acceptors (Lipinski definition) is 5. The molecule has 0 aromatic carbocycles. The maximum absolute atomic E-state index is 12.3. The normalized spacial score (nSPS) is 17.5. The molecule has 2 amide bonds. The van der Waals surface area contributed by atoms with E-state index >= 15 is 0 Å². The Hall–Kier alpha value is -2.15. The van der Waals surface area contributed by atoms with Gasteiger partial charge in [0.2, 0.25) is 0 Å². The van der Waals surface area contributed by atoms with E-state index in [1.54, 1.807) is 29.9 Å². The number of anilines is 1. The molecule has 6 nitrogen and oxygen atoms in total. The first-order chi connectivity index (χ1) is 10.8. The Morgan fingerprint density at radius 3 is 3.14 bits per heavy atom. The van der Waals surface area contributed by atoms with Crippen molar-refractivity contribution in [2.75, 3.05) is 25.0 Å². The molecule has 3 heterocycles.